The van der Waals surface area contributed by atoms with E-state index in [9.17, 15) is 0 Å². The van der Waals surface area contributed by atoms with E-state index in [0.29, 0.717) is 6.42 Å². The van der Waals surface area contributed by atoms with Gasteiger partial charge in [-0.1, -0.05) is 0 Å². The monoisotopic (exact) mass is 350 g/mol. The molecular formula is C11H16Br2N2O. The molecule has 0 radical (unpaired) electrons. The molecule has 0 saturated heterocycles. The maximum absolute atomic E-state index is 9.10. The maximum Gasteiger partial charge on any atom is 0.0596 e. The van der Waals surface area contributed by atoms with Crippen molar-refractivity contribution in [1.29, 1.82) is 0 Å². The Morgan fingerprint density at radius 1 is 1.50 bits per heavy atom. The van der Waals surface area contributed by atoms with Crippen LogP contribution in [0.5, 0.6) is 0 Å². The first kappa shape index (κ1) is 14.1. The van der Waals surface area contributed by atoms with Crippen LogP contribution in [-0.2, 0) is 0 Å². The van der Waals surface area contributed by atoms with Crippen molar-refractivity contribution in [2.45, 2.75) is 31.7 Å². The van der Waals surface area contributed by atoms with Crippen molar-refractivity contribution < 1.29 is 5.11 Å². The average Bonchev–Trinajstić information content (AvgIpc) is 2.13. The summed E-state index contributed by atoms with van der Waals surface area (Å²) in [5.74, 6) is 0.0278. The number of halogens is 2. The van der Waals surface area contributed by atoms with E-state index in [1.807, 2.05) is 19.9 Å². The normalized spacial score (nSPS) is 13.9. The third-order valence-electron chi connectivity index (χ3n) is 2.48. The van der Waals surface area contributed by atoms with Gasteiger partial charge in [0.25, 0.3) is 0 Å². The van der Waals surface area contributed by atoms with Crippen molar-refractivity contribution in [3.63, 3.8) is 0 Å². The topological polar surface area (TPSA) is 59.1 Å². The number of nitrogens with two attached hydrogens (primary N) is 1. The Morgan fingerprint density at radius 2 is 2.12 bits per heavy atom. The van der Waals surface area contributed by atoms with Crippen LogP contribution in [0.15, 0.2) is 21.2 Å². The van der Waals surface area contributed by atoms with E-state index >= 15 is 0 Å². The fraction of sp³-hybridized carbons (Fsp3) is 0.545. The standard InChI is InChI=1S/C11H16Br2N2O/c1-11(2,14)8(3-4-16)10-9(13)5-7(12)6-15-10/h5-6,8,16H,3-4,14H2,1-2H3. The number of hydrogen-bond donors (Lipinski definition) is 2. The van der Waals surface area contributed by atoms with Crippen LogP contribution in [-0.4, -0.2) is 22.2 Å². The lowest BCUT2D eigenvalue weighted by Crippen LogP contribution is -2.40. The molecule has 1 unspecified atom stereocenters. The number of nitrogens with zero attached hydrogens (tertiary/aromatic N) is 1. The molecule has 0 aliphatic heterocycles. The van der Waals surface area contributed by atoms with E-state index in [2.05, 4.69) is 36.8 Å². The number of hydrogen-bond acceptors (Lipinski definition) is 3. The first-order valence-electron chi connectivity index (χ1n) is 5.07. The summed E-state index contributed by atoms with van der Waals surface area (Å²) >= 11 is 6.84. The molecule has 1 aromatic rings. The summed E-state index contributed by atoms with van der Waals surface area (Å²) in [6, 6.07) is 1.94. The SMILES string of the molecule is CC(C)(N)C(CCO)c1ncc(Br)cc1Br. The van der Waals surface area contributed by atoms with Crippen molar-refractivity contribution >= 4 is 31.9 Å². The van der Waals surface area contributed by atoms with Gasteiger partial charge >= 0.3 is 0 Å². The molecule has 1 aromatic heterocycles. The maximum atomic E-state index is 9.10. The third-order valence-corrected chi connectivity index (χ3v) is 3.55. The molecule has 5 heteroatoms. The van der Waals surface area contributed by atoms with Gasteiger partial charge in [0.1, 0.15) is 0 Å². The molecule has 3 nitrogen and oxygen atoms in total. The predicted octanol–water partition coefficient (Wildman–Crippen LogP) is 2.81. The first-order valence-corrected chi connectivity index (χ1v) is 6.65. The van der Waals surface area contributed by atoms with Gasteiger partial charge in [-0.15, -0.1) is 0 Å². The Hall–Kier alpha value is 0.0300. The molecule has 0 bridgehead atoms. The Bertz CT molecular complexity index is 363. The van der Waals surface area contributed by atoms with Crippen molar-refractivity contribution in [2.24, 2.45) is 5.73 Å². The summed E-state index contributed by atoms with van der Waals surface area (Å²) in [5, 5.41) is 9.10. The summed E-state index contributed by atoms with van der Waals surface area (Å²) < 4.78 is 1.83. The first-order chi connectivity index (χ1) is 7.36. The number of pyridine rings is 1. The van der Waals surface area contributed by atoms with Crippen molar-refractivity contribution in [2.75, 3.05) is 6.61 Å². The van der Waals surface area contributed by atoms with Gasteiger partial charge in [0.15, 0.2) is 0 Å². The second-order valence-electron chi connectivity index (χ2n) is 4.41. The van der Waals surface area contributed by atoms with Crippen LogP contribution in [0.4, 0.5) is 0 Å². The molecule has 0 saturated carbocycles. The zero-order valence-electron chi connectivity index (χ0n) is 9.37. The zero-order valence-corrected chi connectivity index (χ0v) is 12.5. The van der Waals surface area contributed by atoms with E-state index in [4.69, 9.17) is 10.8 Å². The number of rotatable bonds is 4. The highest BCUT2D eigenvalue weighted by atomic mass is 79.9. The lowest BCUT2D eigenvalue weighted by atomic mass is 9.83. The van der Waals surface area contributed by atoms with Crippen LogP contribution in [0.2, 0.25) is 0 Å². The third kappa shape index (κ3) is 3.52. The van der Waals surface area contributed by atoms with Crippen LogP contribution in [0.25, 0.3) is 0 Å². The fourth-order valence-electron chi connectivity index (χ4n) is 1.67. The van der Waals surface area contributed by atoms with E-state index in [-0.39, 0.29) is 12.5 Å². The Balaban J connectivity index is 3.11. The second kappa shape index (κ2) is 5.58. The van der Waals surface area contributed by atoms with E-state index in [1.54, 1.807) is 6.20 Å². The van der Waals surface area contributed by atoms with Gasteiger partial charge in [-0.3, -0.25) is 4.98 Å². The molecule has 3 N–H and O–H groups in total. The number of aliphatic hydroxyl groups is 1. The average molecular weight is 352 g/mol. The molecule has 1 atom stereocenters. The molecule has 0 fully saturated rings. The number of aromatic nitrogens is 1. The van der Waals surface area contributed by atoms with Crippen molar-refractivity contribution in [3.05, 3.63) is 26.9 Å². The van der Waals surface area contributed by atoms with E-state index in [1.165, 1.54) is 0 Å². The molecule has 1 rings (SSSR count). The van der Waals surface area contributed by atoms with Gasteiger partial charge in [0.2, 0.25) is 0 Å². The van der Waals surface area contributed by atoms with Gasteiger partial charge in [-0.25, -0.2) is 0 Å². The van der Waals surface area contributed by atoms with Gasteiger partial charge in [0, 0.05) is 33.2 Å². The lowest BCUT2D eigenvalue weighted by molar-refractivity contribution is 0.248. The molecule has 1 heterocycles. The highest BCUT2D eigenvalue weighted by molar-refractivity contribution is 9.11. The minimum Gasteiger partial charge on any atom is -0.396 e. The smallest absolute Gasteiger partial charge is 0.0596 e. The van der Waals surface area contributed by atoms with Gasteiger partial charge in [-0.05, 0) is 58.2 Å². The summed E-state index contributed by atoms with van der Waals surface area (Å²) in [6.07, 6.45) is 2.35. The van der Waals surface area contributed by atoms with Crippen molar-refractivity contribution in [3.8, 4) is 0 Å². The van der Waals surface area contributed by atoms with Crippen LogP contribution in [0.1, 0.15) is 31.9 Å². The lowest BCUT2D eigenvalue weighted by Gasteiger charge is -2.30. The largest absolute Gasteiger partial charge is 0.396 e. The van der Waals surface area contributed by atoms with Crippen LogP contribution in [0.3, 0.4) is 0 Å². The quantitative estimate of drug-likeness (QED) is 0.876. The van der Waals surface area contributed by atoms with Crippen molar-refractivity contribution in [1.82, 2.24) is 4.98 Å². The van der Waals surface area contributed by atoms with Gasteiger partial charge in [0.05, 0.1) is 5.69 Å². The van der Waals surface area contributed by atoms with Crippen LogP contribution in [0, 0.1) is 0 Å². The molecule has 0 aromatic carbocycles. The number of aliphatic hydroxyl groups excluding tert-OH is 1. The molecule has 0 aliphatic carbocycles. The fourth-order valence-corrected chi connectivity index (χ4v) is 2.94. The summed E-state index contributed by atoms with van der Waals surface area (Å²) in [7, 11) is 0. The summed E-state index contributed by atoms with van der Waals surface area (Å²) in [4.78, 5) is 4.38. The second-order valence-corrected chi connectivity index (χ2v) is 6.18. The highest BCUT2D eigenvalue weighted by Gasteiger charge is 2.29. The molecule has 90 valence electrons. The molecule has 0 amide bonds. The van der Waals surface area contributed by atoms with E-state index in [0.717, 1.165) is 14.6 Å². The predicted molar refractivity (Wildman–Crippen MR) is 72.3 cm³/mol. The Kier molecular flexibility index (Phi) is 4.91. The van der Waals surface area contributed by atoms with Crippen LogP contribution < -0.4 is 5.73 Å². The van der Waals surface area contributed by atoms with Crippen LogP contribution >= 0.6 is 31.9 Å². The molecular weight excluding hydrogens is 336 g/mol. The van der Waals surface area contributed by atoms with E-state index < -0.39 is 5.54 Å². The van der Waals surface area contributed by atoms with Gasteiger partial charge < -0.3 is 10.8 Å². The molecule has 0 aliphatic rings. The Labute approximate surface area is 113 Å². The highest BCUT2D eigenvalue weighted by Crippen LogP contribution is 2.33. The summed E-state index contributed by atoms with van der Waals surface area (Å²) in [5.41, 5.74) is 6.60. The summed E-state index contributed by atoms with van der Waals surface area (Å²) in [6.45, 7) is 4.00. The Morgan fingerprint density at radius 3 is 2.56 bits per heavy atom. The minimum atomic E-state index is -0.411. The van der Waals surface area contributed by atoms with Gasteiger partial charge in [-0.2, -0.15) is 0 Å². The molecule has 0 spiro atoms. The zero-order chi connectivity index (χ0) is 12.3. The molecule has 16 heavy (non-hydrogen) atoms. The minimum absolute atomic E-state index is 0.0278.